The topological polar surface area (TPSA) is 105 Å². The number of hydrogen-bond donors (Lipinski definition) is 2. The van der Waals surface area contributed by atoms with E-state index in [0.29, 0.717) is 30.9 Å². The van der Waals surface area contributed by atoms with Gasteiger partial charge in [-0.15, -0.1) is 0 Å². The van der Waals surface area contributed by atoms with Gasteiger partial charge in [-0.25, -0.2) is 4.98 Å². The van der Waals surface area contributed by atoms with Gasteiger partial charge in [0, 0.05) is 32.4 Å². The molecule has 1 aliphatic rings. The molecule has 9 heteroatoms. The summed E-state index contributed by atoms with van der Waals surface area (Å²) in [6.07, 6.45) is 3.32. The van der Waals surface area contributed by atoms with Crippen LogP contribution in [-0.2, 0) is 18.4 Å². The van der Waals surface area contributed by atoms with E-state index in [4.69, 9.17) is 0 Å². The molecule has 134 valence electrons. The summed E-state index contributed by atoms with van der Waals surface area (Å²) >= 11 is 0. The van der Waals surface area contributed by atoms with Crippen molar-refractivity contribution in [3.8, 4) is 0 Å². The minimum Gasteiger partial charge on any atom is -0.377 e. The standard InChI is InChI=1S/C16H22N6O3/c1-4-22-10(2)12(5-18-22)15(24)19-11-7-21(8-11)16(25)14(23)13-6-17-9-20(13)3/h5-6,9,11,14,23H,4,7-8H2,1-3H3,(H,19,24). The van der Waals surface area contributed by atoms with Crippen LogP contribution in [0.25, 0.3) is 0 Å². The van der Waals surface area contributed by atoms with Crippen molar-refractivity contribution in [1.82, 2.24) is 29.5 Å². The number of likely N-dealkylation sites (tertiary alicyclic amines) is 1. The maximum absolute atomic E-state index is 12.3. The summed E-state index contributed by atoms with van der Waals surface area (Å²) in [4.78, 5) is 30.0. The van der Waals surface area contributed by atoms with E-state index in [-0.39, 0.29) is 17.9 Å². The Morgan fingerprint density at radius 3 is 2.68 bits per heavy atom. The molecule has 0 saturated carbocycles. The van der Waals surface area contributed by atoms with Gasteiger partial charge in [0.2, 0.25) is 0 Å². The molecule has 2 N–H and O–H groups in total. The van der Waals surface area contributed by atoms with Crippen LogP contribution in [0.2, 0.25) is 0 Å². The number of hydrogen-bond acceptors (Lipinski definition) is 5. The number of nitrogens with zero attached hydrogens (tertiary/aromatic N) is 5. The molecule has 0 radical (unpaired) electrons. The molecule has 0 spiro atoms. The van der Waals surface area contributed by atoms with Crippen molar-refractivity contribution in [3.63, 3.8) is 0 Å². The van der Waals surface area contributed by atoms with E-state index in [1.165, 1.54) is 17.4 Å². The molecular weight excluding hydrogens is 324 g/mol. The van der Waals surface area contributed by atoms with Gasteiger partial charge in [-0.3, -0.25) is 14.3 Å². The highest BCUT2D eigenvalue weighted by Crippen LogP contribution is 2.19. The van der Waals surface area contributed by atoms with Crippen molar-refractivity contribution in [1.29, 1.82) is 0 Å². The predicted molar refractivity (Wildman–Crippen MR) is 88.6 cm³/mol. The second kappa shape index (κ2) is 6.67. The number of nitrogens with one attached hydrogen (secondary N) is 1. The Bertz CT molecular complexity index is 790. The summed E-state index contributed by atoms with van der Waals surface area (Å²) in [6, 6.07) is -0.125. The van der Waals surface area contributed by atoms with Crippen LogP contribution in [0.1, 0.15) is 34.8 Å². The lowest BCUT2D eigenvalue weighted by molar-refractivity contribution is -0.145. The van der Waals surface area contributed by atoms with E-state index >= 15 is 0 Å². The number of carbonyl (C=O) groups excluding carboxylic acids is 2. The smallest absolute Gasteiger partial charge is 0.257 e. The minimum atomic E-state index is -1.24. The molecule has 1 saturated heterocycles. The first-order valence-corrected chi connectivity index (χ1v) is 8.18. The number of rotatable bonds is 5. The monoisotopic (exact) mass is 346 g/mol. The van der Waals surface area contributed by atoms with Gasteiger partial charge in [0.1, 0.15) is 0 Å². The average Bonchev–Trinajstić information content (AvgIpc) is 3.14. The maximum Gasteiger partial charge on any atom is 0.257 e. The summed E-state index contributed by atoms with van der Waals surface area (Å²) in [5.74, 6) is -0.578. The van der Waals surface area contributed by atoms with E-state index in [0.717, 1.165) is 5.69 Å². The number of aliphatic hydroxyl groups is 1. The van der Waals surface area contributed by atoms with Gasteiger partial charge in [0.05, 0.1) is 36.0 Å². The van der Waals surface area contributed by atoms with Gasteiger partial charge in [0.25, 0.3) is 11.8 Å². The van der Waals surface area contributed by atoms with Gasteiger partial charge in [0.15, 0.2) is 6.10 Å². The lowest BCUT2D eigenvalue weighted by Gasteiger charge is -2.40. The summed E-state index contributed by atoms with van der Waals surface area (Å²) in [7, 11) is 1.72. The SMILES string of the molecule is CCn1ncc(C(=O)NC2CN(C(=O)C(O)c3cncn3C)C2)c1C. The zero-order valence-electron chi connectivity index (χ0n) is 14.5. The molecule has 1 atom stereocenters. The van der Waals surface area contributed by atoms with Crippen LogP contribution in [0.4, 0.5) is 0 Å². The highest BCUT2D eigenvalue weighted by Gasteiger charge is 2.36. The molecule has 3 heterocycles. The minimum absolute atomic E-state index is 0.125. The lowest BCUT2D eigenvalue weighted by Crippen LogP contribution is -2.61. The molecule has 3 rings (SSSR count). The van der Waals surface area contributed by atoms with Crippen molar-refractivity contribution in [2.45, 2.75) is 32.5 Å². The van der Waals surface area contributed by atoms with Gasteiger partial charge < -0.3 is 19.9 Å². The van der Waals surface area contributed by atoms with Gasteiger partial charge >= 0.3 is 0 Å². The number of aryl methyl sites for hydroxylation is 2. The molecule has 2 aromatic rings. The zero-order chi connectivity index (χ0) is 18.1. The Morgan fingerprint density at radius 2 is 2.12 bits per heavy atom. The van der Waals surface area contributed by atoms with E-state index < -0.39 is 6.10 Å². The van der Waals surface area contributed by atoms with E-state index in [1.807, 2.05) is 13.8 Å². The first-order valence-electron chi connectivity index (χ1n) is 8.18. The first-order chi connectivity index (χ1) is 11.9. The molecule has 1 aliphatic heterocycles. The van der Waals surface area contributed by atoms with Crippen LogP contribution < -0.4 is 5.32 Å². The number of carbonyl (C=O) groups is 2. The summed E-state index contributed by atoms with van der Waals surface area (Å²) in [6.45, 7) is 5.27. The molecular formula is C16H22N6O3. The van der Waals surface area contributed by atoms with Crippen molar-refractivity contribution in [3.05, 3.63) is 35.7 Å². The fourth-order valence-electron chi connectivity index (χ4n) is 2.93. The molecule has 9 nitrogen and oxygen atoms in total. The third-order valence-corrected chi connectivity index (χ3v) is 4.54. The number of imidazole rings is 1. The van der Waals surface area contributed by atoms with E-state index in [9.17, 15) is 14.7 Å². The van der Waals surface area contributed by atoms with Crippen LogP contribution in [-0.4, -0.2) is 60.3 Å². The van der Waals surface area contributed by atoms with E-state index in [1.54, 1.807) is 22.5 Å². The summed E-state index contributed by atoms with van der Waals surface area (Å²) in [5, 5.41) is 17.2. The second-order valence-corrected chi connectivity index (χ2v) is 6.20. The fraction of sp³-hybridized carbons (Fsp3) is 0.500. The van der Waals surface area contributed by atoms with Gasteiger partial charge in [-0.2, -0.15) is 5.10 Å². The van der Waals surface area contributed by atoms with E-state index in [2.05, 4.69) is 15.4 Å². The Hall–Kier alpha value is -2.68. The number of aliphatic hydroxyl groups excluding tert-OH is 1. The lowest BCUT2D eigenvalue weighted by atomic mass is 10.1. The van der Waals surface area contributed by atoms with Crippen molar-refractivity contribution < 1.29 is 14.7 Å². The Labute approximate surface area is 145 Å². The van der Waals surface area contributed by atoms with Gasteiger partial charge in [-0.05, 0) is 13.8 Å². The highest BCUT2D eigenvalue weighted by molar-refractivity contribution is 5.95. The van der Waals surface area contributed by atoms with Crippen LogP contribution in [0.15, 0.2) is 18.7 Å². The Kier molecular flexibility index (Phi) is 4.58. The summed E-state index contributed by atoms with van der Waals surface area (Å²) < 4.78 is 3.37. The number of amides is 2. The fourth-order valence-corrected chi connectivity index (χ4v) is 2.93. The van der Waals surface area contributed by atoms with Gasteiger partial charge in [-0.1, -0.05) is 0 Å². The largest absolute Gasteiger partial charge is 0.377 e. The molecule has 25 heavy (non-hydrogen) atoms. The van der Waals surface area contributed by atoms with Crippen molar-refractivity contribution >= 4 is 11.8 Å². The van der Waals surface area contributed by atoms with Crippen LogP contribution in [0.3, 0.4) is 0 Å². The molecule has 0 aromatic carbocycles. The van der Waals surface area contributed by atoms with Crippen LogP contribution >= 0.6 is 0 Å². The van der Waals surface area contributed by atoms with Crippen molar-refractivity contribution in [2.75, 3.05) is 13.1 Å². The zero-order valence-corrected chi connectivity index (χ0v) is 14.5. The second-order valence-electron chi connectivity index (χ2n) is 6.20. The molecule has 1 fully saturated rings. The first kappa shape index (κ1) is 17.2. The molecule has 2 amide bonds. The predicted octanol–water partition coefficient (Wildman–Crippen LogP) is -0.381. The third-order valence-electron chi connectivity index (χ3n) is 4.54. The van der Waals surface area contributed by atoms with Crippen molar-refractivity contribution in [2.24, 2.45) is 7.05 Å². The molecule has 0 bridgehead atoms. The molecule has 0 aliphatic carbocycles. The van der Waals surface area contributed by atoms with Crippen LogP contribution in [0, 0.1) is 6.92 Å². The van der Waals surface area contributed by atoms with Crippen LogP contribution in [0.5, 0.6) is 0 Å². The quantitative estimate of drug-likeness (QED) is 0.768. The number of aromatic nitrogens is 4. The normalized spacial score (nSPS) is 15.8. The summed E-state index contributed by atoms with van der Waals surface area (Å²) in [5.41, 5.74) is 1.81. The molecule has 2 aromatic heterocycles. The Balaban J connectivity index is 1.54. The highest BCUT2D eigenvalue weighted by atomic mass is 16.3. The average molecular weight is 346 g/mol. The third kappa shape index (κ3) is 3.14. The maximum atomic E-state index is 12.3. The molecule has 1 unspecified atom stereocenters. The Morgan fingerprint density at radius 1 is 1.40 bits per heavy atom.